The second kappa shape index (κ2) is 8.32. The van der Waals surface area contributed by atoms with E-state index in [4.69, 9.17) is 14.2 Å². The lowest BCUT2D eigenvalue weighted by atomic mass is 10.2. The Morgan fingerprint density at radius 2 is 1.87 bits per heavy atom. The van der Waals surface area contributed by atoms with Crippen LogP contribution in [0.2, 0.25) is 0 Å². The number of nitrogens with zero attached hydrogens (tertiary/aromatic N) is 2. The Labute approximate surface area is 175 Å². The van der Waals surface area contributed by atoms with Gasteiger partial charge in [-0.05, 0) is 43.3 Å². The number of ether oxygens (including phenoxy) is 3. The van der Waals surface area contributed by atoms with E-state index in [1.165, 1.54) is 0 Å². The Morgan fingerprint density at radius 1 is 1.03 bits per heavy atom. The standard InChI is InChI=1S/C23H23N3O4/c1-4-30-19-10-6-5-9-17(19)25-22-21-16(8-7-13-24-21)23(27)26(22)18-14-15(28-2)11-12-20(18)29-3/h5-14,22,25H,4H2,1-3H3/t22-/m0/s1. The molecule has 0 saturated heterocycles. The second-order valence-corrected chi connectivity index (χ2v) is 6.63. The molecule has 3 aromatic rings. The van der Waals surface area contributed by atoms with Gasteiger partial charge in [0.25, 0.3) is 5.91 Å². The average molecular weight is 405 g/mol. The van der Waals surface area contributed by atoms with Gasteiger partial charge in [0.05, 0.1) is 43.5 Å². The number of amides is 1. The van der Waals surface area contributed by atoms with E-state index in [9.17, 15) is 4.79 Å². The van der Waals surface area contributed by atoms with Crippen LogP contribution in [0.15, 0.2) is 60.8 Å². The van der Waals surface area contributed by atoms with Crippen molar-refractivity contribution in [2.24, 2.45) is 0 Å². The quantitative estimate of drug-likeness (QED) is 0.633. The predicted molar refractivity (Wildman–Crippen MR) is 115 cm³/mol. The number of anilines is 2. The molecule has 154 valence electrons. The van der Waals surface area contributed by atoms with Gasteiger partial charge in [-0.15, -0.1) is 0 Å². The van der Waals surface area contributed by atoms with Crippen molar-refractivity contribution in [3.63, 3.8) is 0 Å². The lowest BCUT2D eigenvalue weighted by Gasteiger charge is -2.28. The maximum atomic E-state index is 13.4. The number of para-hydroxylation sites is 2. The normalized spacial score (nSPS) is 15.0. The molecule has 0 radical (unpaired) electrons. The molecule has 1 amide bonds. The molecule has 4 rings (SSSR count). The molecule has 30 heavy (non-hydrogen) atoms. The van der Waals surface area contributed by atoms with Crippen molar-refractivity contribution >= 4 is 17.3 Å². The summed E-state index contributed by atoms with van der Waals surface area (Å²) in [7, 11) is 3.16. The van der Waals surface area contributed by atoms with Crippen molar-refractivity contribution in [1.29, 1.82) is 0 Å². The number of carbonyl (C=O) groups is 1. The SMILES string of the molecule is CCOc1ccccc1N[C@@H]1c2ncccc2C(=O)N1c1cc(OC)ccc1OC. The van der Waals surface area contributed by atoms with E-state index in [0.29, 0.717) is 40.8 Å². The van der Waals surface area contributed by atoms with Crippen LogP contribution < -0.4 is 24.4 Å². The molecule has 1 aliphatic heterocycles. The molecule has 2 heterocycles. The van der Waals surface area contributed by atoms with Gasteiger partial charge < -0.3 is 19.5 Å². The molecule has 2 aromatic carbocycles. The first-order valence-corrected chi connectivity index (χ1v) is 9.66. The molecule has 1 atom stereocenters. The van der Waals surface area contributed by atoms with Gasteiger partial charge in [-0.25, -0.2) is 0 Å². The summed E-state index contributed by atoms with van der Waals surface area (Å²) in [4.78, 5) is 19.5. The van der Waals surface area contributed by atoms with Gasteiger partial charge in [0.15, 0.2) is 6.17 Å². The van der Waals surface area contributed by atoms with Gasteiger partial charge in [0, 0.05) is 12.3 Å². The molecular weight excluding hydrogens is 382 g/mol. The number of carbonyl (C=O) groups excluding carboxylic acids is 1. The first-order chi connectivity index (χ1) is 14.7. The van der Waals surface area contributed by atoms with Gasteiger partial charge >= 0.3 is 0 Å². The Balaban J connectivity index is 1.83. The summed E-state index contributed by atoms with van der Waals surface area (Å²) in [6.45, 7) is 2.46. The Hall–Kier alpha value is -3.74. The molecule has 0 bridgehead atoms. The topological polar surface area (TPSA) is 72.9 Å². The summed E-state index contributed by atoms with van der Waals surface area (Å²) in [5.74, 6) is 1.71. The zero-order chi connectivity index (χ0) is 21.1. The number of nitrogens with one attached hydrogen (secondary N) is 1. The van der Waals surface area contributed by atoms with Crippen molar-refractivity contribution in [2.45, 2.75) is 13.1 Å². The van der Waals surface area contributed by atoms with Crippen LogP contribution in [-0.4, -0.2) is 31.7 Å². The predicted octanol–water partition coefficient (Wildman–Crippen LogP) is 4.27. The zero-order valence-electron chi connectivity index (χ0n) is 17.1. The van der Waals surface area contributed by atoms with E-state index < -0.39 is 6.17 Å². The van der Waals surface area contributed by atoms with Crippen LogP contribution in [0.5, 0.6) is 17.2 Å². The largest absolute Gasteiger partial charge is 0.497 e. The summed E-state index contributed by atoms with van der Waals surface area (Å²) in [6.07, 6.45) is 1.14. The molecule has 0 fully saturated rings. The summed E-state index contributed by atoms with van der Waals surface area (Å²) >= 11 is 0. The number of rotatable bonds is 7. The fourth-order valence-electron chi connectivity index (χ4n) is 3.57. The maximum Gasteiger partial charge on any atom is 0.262 e. The smallest absolute Gasteiger partial charge is 0.262 e. The summed E-state index contributed by atoms with van der Waals surface area (Å²) in [5.41, 5.74) is 2.53. The number of fused-ring (bicyclic) bond motifs is 1. The fraction of sp³-hybridized carbons (Fsp3) is 0.217. The Kier molecular flexibility index (Phi) is 5.43. The minimum atomic E-state index is -0.545. The highest BCUT2D eigenvalue weighted by Gasteiger charge is 2.40. The number of methoxy groups -OCH3 is 2. The lowest BCUT2D eigenvalue weighted by molar-refractivity contribution is 0.0992. The first-order valence-electron chi connectivity index (χ1n) is 9.66. The molecule has 1 N–H and O–H groups in total. The van der Waals surface area contributed by atoms with E-state index in [1.54, 1.807) is 55.6 Å². The van der Waals surface area contributed by atoms with Crippen LogP contribution in [0, 0.1) is 0 Å². The maximum absolute atomic E-state index is 13.4. The highest BCUT2D eigenvalue weighted by Crippen LogP contribution is 2.43. The van der Waals surface area contributed by atoms with Crippen LogP contribution in [0.3, 0.4) is 0 Å². The second-order valence-electron chi connectivity index (χ2n) is 6.63. The molecule has 1 aromatic heterocycles. The average Bonchev–Trinajstić information content (AvgIpc) is 3.06. The monoisotopic (exact) mass is 405 g/mol. The highest BCUT2D eigenvalue weighted by molar-refractivity contribution is 6.11. The van der Waals surface area contributed by atoms with Crippen LogP contribution in [0.4, 0.5) is 11.4 Å². The number of pyridine rings is 1. The number of hydrogen-bond donors (Lipinski definition) is 1. The van der Waals surface area contributed by atoms with Crippen LogP contribution in [0.25, 0.3) is 0 Å². The molecule has 7 nitrogen and oxygen atoms in total. The third kappa shape index (κ3) is 3.39. The molecule has 0 aliphatic carbocycles. The molecule has 1 aliphatic rings. The van der Waals surface area contributed by atoms with Gasteiger partial charge in [-0.3, -0.25) is 14.7 Å². The first kappa shape index (κ1) is 19.6. The minimum Gasteiger partial charge on any atom is -0.497 e. The highest BCUT2D eigenvalue weighted by atomic mass is 16.5. The van der Waals surface area contributed by atoms with Gasteiger partial charge in [-0.1, -0.05) is 12.1 Å². The molecule has 0 saturated carbocycles. The van der Waals surface area contributed by atoms with Crippen molar-refractivity contribution in [2.75, 3.05) is 31.0 Å². The number of benzene rings is 2. The third-order valence-corrected chi connectivity index (χ3v) is 4.93. The van der Waals surface area contributed by atoms with Crippen molar-refractivity contribution in [3.8, 4) is 17.2 Å². The number of aromatic nitrogens is 1. The molecule has 0 unspecified atom stereocenters. The van der Waals surface area contributed by atoms with E-state index in [0.717, 1.165) is 5.69 Å². The van der Waals surface area contributed by atoms with Crippen molar-refractivity contribution in [3.05, 3.63) is 72.1 Å². The lowest BCUT2D eigenvalue weighted by Crippen LogP contribution is -2.33. The summed E-state index contributed by atoms with van der Waals surface area (Å²) in [5, 5.41) is 3.44. The van der Waals surface area contributed by atoms with Crippen LogP contribution >= 0.6 is 0 Å². The van der Waals surface area contributed by atoms with E-state index in [2.05, 4.69) is 10.3 Å². The van der Waals surface area contributed by atoms with E-state index in [1.807, 2.05) is 31.2 Å². The number of hydrogen-bond acceptors (Lipinski definition) is 6. The van der Waals surface area contributed by atoms with Gasteiger partial charge in [0.1, 0.15) is 17.2 Å². The van der Waals surface area contributed by atoms with Crippen molar-refractivity contribution < 1.29 is 19.0 Å². The third-order valence-electron chi connectivity index (χ3n) is 4.93. The molecule has 7 heteroatoms. The molecule has 0 spiro atoms. The van der Waals surface area contributed by atoms with Crippen LogP contribution in [0.1, 0.15) is 29.1 Å². The van der Waals surface area contributed by atoms with E-state index >= 15 is 0 Å². The molecular formula is C23H23N3O4. The van der Waals surface area contributed by atoms with Gasteiger partial charge in [0.2, 0.25) is 0 Å². The van der Waals surface area contributed by atoms with Crippen LogP contribution in [-0.2, 0) is 0 Å². The fourth-order valence-corrected chi connectivity index (χ4v) is 3.57. The summed E-state index contributed by atoms with van der Waals surface area (Å²) < 4.78 is 16.7. The Morgan fingerprint density at radius 3 is 2.63 bits per heavy atom. The van der Waals surface area contributed by atoms with Gasteiger partial charge in [-0.2, -0.15) is 0 Å². The Bertz CT molecular complexity index is 1070. The van der Waals surface area contributed by atoms with E-state index in [-0.39, 0.29) is 5.91 Å². The minimum absolute atomic E-state index is 0.170. The van der Waals surface area contributed by atoms with Crippen molar-refractivity contribution in [1.82, 2.24) is 4.98 Å². The summed E-state index contributed by atoms with van der Waals surface area (Å²) in [6, 6.07) is 16.5. The zero-order valence-corrected chi connectivity index (χ0v) is 17.1.